The Labute approximate surface area is 163 Å². The molecule has 1 aromatic carbocycles. The fraction of sp³-hybridized carbons (Fsp3) is 0.350. The molecule has 2 heterocycles. The number of aromatic nitrogens is 1. The van der Waals surface area contributed by atoms with Gasteiger partial charge in [0.05, 0.1) is 17.6 Å². The smallest absolute Gasteiger partial charge is 0.241 e. The Morgan fingerprint density at radius 3 is 2.70 bits per heavy atom. The molecule has 2 amide bonds. The molecule has 142 valence electrons. The largest absolute Gasteiger partial charge is 0.326 e. The second-order valence-corrected chi connectivity index (χ2v) is 7.05. The first-order valence-corrected chi connectivity index (χ1v) is 9.43. The van der Waals surface area contributed by atoms with Gasteiger partial charge in [0.1, 0.15) is 0 Å². The summed E-state index contributed by atoms with van der Waals surface area (Å²) in [5.74, 6) is -0.306. The van der Waals surface area contributed by atoms with Crippen LogP contribution < -0.4 is 10.6 Å². The fourth-order valence-electron chi connectivity index (χ4n) is 3.22. The minimum atomic E-state index is -0.367. The van der Waals surface area contributed by atoms with Gasteiger partial charge in [0.2, 0.25) is 11.8 Å². The summed E-state index contributed by atoms with van der Waals surface area (Å²) in [5, 5.41) is 6.03. The number of carbonyl (C=O) groups is 2. The van der Waals surface area contributed by atoms with Crippen LogP contribution in [0.2, 0.25) is 5.15 Å². The summed E-state index contributed by atoms with van der Waals surface area (Å²) in [6, 6.07) is 12.5. The van der Waals surface area contributed by atoms with Crippen molar-refractivity contribution >= 4 is 34.8 Å². The van der Waals surface area contributed by atoms with E-state index < -0.39 is 0 Å². The van der Waals surface area contributed by atoms with Gasteiger partial charge in [-0.2, -0.15) is 0 Å². The lowest BCUT2D eigenvalue weighted by Gasteiger charge is -2.35. The van der Waals surface area contributed by atoms with Crippen LogP contribution in [0.1, 0.15) is 19.8 Å². The number of para-hydroxylation sites is 1. The molecule has 0 saturated carbocycles. The van der Waals surface area contributed by atoms with Crippen LogP contribution in [0, 0.1) is 5.92 Å². The van der Waals surface area contributed by atoms with Gasteiger partial charge in [0, 0.05) is 18.4 Å². The molecule has 27 heavy (non-hydrogen) atoms. The second kappa shape index (κ2) is 8.97. The van der Waals surface area contributed by atoms with Crippen LogP contribution in [0.3, 0.4) is 0 Å². The molecule has 1 saturated heterocycles. The molecule has 0 bridgehead atoms. The number of benzene rings is 1. The average Bonchev–Trinajstić information content (AvgIpc) is 2.70. The van der Waals surface area contributed by atoms with Gasteiger partial charge in [-0.1, -0.05) is 29.8 Å². The predicted octanol–water partition coefficient (Wildman–Crippen LogP) is 3.41. The van der Waals surface area contributed by atoms with Gasteiger partial charge in [-0.05, 0) is 50.6 Å². The van der Waals surface area contributed by atoms with Gasteiger partial charge < -0.3 is 10.6 Å². The summed E-state index contributed by atoms with van der Waals surface area (Å²) in [7, 11) is 0. The summed E-state index contributed by atoms with van der Waals surface area (Å²) in [6.45, 7) is 3.18. The number of hydrogen-bond donors (Lipinski definition) is 2. The van der Waals surface area contributed by atoms with Gasteiger partial charge in [-0.25, -0.2) is 4.98 Å². The lowest BCUT2D eigenvalue weighted by Crippen LogP contribution is -2.49. The number of rotatable bonds is 5. The quantitative estimate of drug-likeness (QED) is 0.772. The third-order valence-corrected chi connectivity index (χ3v) is 5.11. The minimum absolute atomic E-state index is 0.00573. The molecule has 2 atom stereocenters. The van der Waals surface area contributed by atoms with Crippen LogP contribution >= 0.6 is 11.6 Å². The molecule has 1 aromatic heterocycles. The number of hydrogen-bond acceptors (Lipinski definition) is 4. The average molecular weight is 387 g/mol. The minimum Gasteiger partial charge on any atom is -0.326 e. The zero-order valence-corrected chi connectivity index (χ0v) is 15.9. The van der Waals surface area contributed by atoms with Crippen molar-refractivity contribution in [1.82, 2.24) is 9.88 Å². The van der Waals surface area contributed by atoms with Gasteiger partial charge in [-0.3, -0.25) is 14.5 Å². The van der Waals surface area contributed by atoms with Crippen molar-refractivity contribution < 1.29 is 9.59 Å². The van der Waals surface area contributed by atoms with Gasteiger partial charge >= 0.3 is 0 Å². The number of pyridine rings is 1. The molecule has 6 nitrogen and oxygen atoms in total. The highest BCUT2D eigenvalue weighted by Gasteiger charge is 2.31. The summed E-state index contributed by atoms with van der Waals surface area (Å²) >= 11 is 6.01. The van der Waals surface area contributed by atoms with Crippen molar-refractivity contribution in [2.75, 3.05) is 23.7 Å². The van der Waals surface area contributed by atoms with Crippen LogP contribution in [0.5, 0.6) is 0 Å². The summed E-state index contributed by atoms with van der Waals surface area (Å²) < 4.78 is 0. The summed E-state index contributed by atoms with van der Waals surface area (Å²) in [6.07, 6.45) is 3.26. The number of amides is 2. The van der Waals surface area contributed by atoms with Gasteiger partial charge in [0.25, 0.3) is 0 Å². The van der Waals surface area contributed by atoms with Crippen molar-refractivity contribution in [3.63, 3.8) is 0 Å². The second-order valence-electron chi connectivity index (χ2n) is 6.70. The zero-order chi connectivity index (χ0) is 19.2. The lowest BCUT2D eigenvalue weighted by molar-refractivity contribution is -0.125. The SMILES string of the molecule is CC(C(=O)Nc1cccnc1Cl)N1CCCC(C(=O)Nc2ccccc2)C1. The molecule has 0 spiro atoms. The first-order chi connectivity index (χ1) is 13.0. The Balaban J connectivity index is 1.59. The van der Waals surface area contributed by atoms with E-state index in [1.54, 1.807) is 18.3 Å². The fourth-order valence-corrected chi connectivity index (χ4v) is 3.39. The molecule has 1 aliphatic rings. The Morgan fingerprint density at radius 1 is 1.19 bits per heavy atom. The van der Waals surface area contributed by atoms with E-state index in [4.69, 9.17) is 11.6 Å². The monoisotopic (exact) mass is 386 g/mol. The van der Waals surface area contributed by atoms with E-state index >= 15 is 0 Å². The van der Waals surface area contributed by atoms with Crippen molar-refractivity contribution in [1.29, 1.82) is 0 Å². The lowest BCUT2D eigenvalue weighted by atomic mass is 9.95. The van der Waals surface area contributed by atoms with Crippen LogP contribution in [-0.2, 0) is 9.59 Å². The highest BCUT2D eigenvalue weighted by molar-refractivity contribution is 6.32. The van der Waals surface area contributed by atoms with Crippen molar-refractivity contribution in [2.24, 2.45) is 5.92 Å². The van der Waals surface area contributed by atoms with Gasteiger partial charge in [-0.15, -0.1) is 0 Å². The normalized spacial score (nSPS) is 18.5. The number of piperidine rings is 1. The number of nitrogens with one attached hydrogen (secondary N) is 2. The summed E-state index contributed by atoms with van der Waals surface area (Å²) in [5.41, 5.74) is 1.28. The maximum absolute atomic E-state index is 12.6. The third kappa shape index (κ3) is 5.05. The molecular formula is C20H23ClN4O2. The molecule has 1 aliphatic heterocycles. The number of carbonyl (C=O) groups excluding carboxylic acids is 2. The van der Waals surface area contributed by atoms with Crippen molar-refractivity contribution in [3.05, 3.63) is 53.8 Å². The summed E-state index contributed by atoms with van der Waals surface area (Å²) in [4.78, 5) is 31.2. The van der Waals surface area contributed by atoms with E-state index in [0.717, 1.165) is 25.1 Å². The molecule has 0 radical (unpaired) electrons. The van der Waals surface area contributed by atoms with E-state index in [2.05, 4.69) is 15.6 Å². The predicted molar refractivity (Wildman–Crippen MR) is 107 cm³/mol. The Kier molecular flexibility index (Phi) is 6.42. The van der Waals surface area contributed by atoms with Crippen LogP contribution in [0.25, 0.3) is 0 Å². The number of nitrogens with zero attached hydrogens (tertiary/aromatic N) is 2. The first kappa shape index (κ1) is 19.3. The molecule has 2 aromatic rings. The van der Waals surface area contributed by atoms with Crippen LogP contribution in [-0.4, -0.2) is 40.8 Å². The molecule has 0 aliphatic carbocycles. The maximum atomic E-state index is 12.6. The van der Waals surface area contributed by atoms with Crippen molar-refractivity contribution in [3.8, 4) is 0 Å². The molecule has 3 rings (SSSR count). The standard InChI is InChI=1S/C20H23ClN4O2/c1-14(19(26)24-17-10-5-11-22-18(17)21)25-12-6-7-15(13-25)20(27)23-16-8-3-2-4-9-16/h2-5,8-11,14-15H,6-7,12-13H2,1H3,(H,23,27)(H,24,26). The molecule has 2 N–H and O–H groups in total. The van der Waals surface area contributed by atoms with E-state index in [0.29, 0.717) is 12.2 Å². The number of anilines is 2. The Hall–Kier alpha value is -2.44. The van der Waals surface area contributed by atoms with E-state index in [-0.39, 0.29) is 28.9 Å². The van der Waals surface area contributed by atoms with Gasteiger partial charge in [0.15, 0.2) is 5.15 Å². The first-order valence-electron chi connectivity index (χ1n) is 9.06. The van der Waals surface area contributed by atoms with Crippen LogP contribution in [0.4, 0.5) is 11.4 Å². The highest BCUT2D eigenvalue weighted by Crippen LogP contribution is 2.22. The zero-order valence-electron chi connectivity index (χ0n) is 15.2. The van der Waals surface area contributed by atoms with E-state index in [1.165, 1.54) is 0 Å². The maximum Gasteiger partial charge on any atom is 0.241 e. The van der Waals surface area contributed by atoms with Crippen molar-refractivity contribution in [2.45, 2.75) is 25.8 Å². The van der Waals surface area contributed by atoms with Crippen LogP contribution in [0.15, 0.2) is 48.7 Å². The highest BCUT2D eigenvalue weighted by atomic mass is 35.5. The Morgan fingerprint density at radius 2 is 1.96 bits per heavy atom. The Bertz CT molecular complexity index is 800. The molecule has 2 unspecified atom stereocenters. The third-order valence-electron chi connectivity index (χ3n) is 4.81. The topological polar surface area (TPSA) is 74.3 Å². The number of likely N-dealkylation sites (tertiary alicyclic amines) is 1. The molecular weight excluding hydrogens is 364 g/mol. The van der Waals surface area contributed by atoms with E-state index in [9.17, 15) is 9.59 Å². The molecule has 7 heteroatoms. The van der Waals surface area contributed by atoms with E-state index in [1.807, 2.05) is 42.2 Å². The molecule has 1 fully saturated rings. The number of halogens is 1.